The maximum Gasteiger partial charge on any atom is 0.434 e. The minimum atomic E-state index is -4.52. The lowest BCUT2D eigenvalue weighted by molar-refractivity contribution is -0.140. The number of hydrogen-bond donors (Lipinski definition) is 0. The second-order valence-corrected chi connectivity index (χ2v) is 9.56. The SMILES string of the molecule is CC(C)n1ncc(Cl)c1-c1ncc2c(n1)N(Cc1ccc(-c3nc(C(F)(F)F)cn3C)cc1)C(=O)CC2. The average molecular weight is 530 g/mol. The van der Waals surface area contributed by atoms with E-state index in [-0.39, 0.29) is 24.3 Å². The van der Waals surface area contributed by atoms with Crippen molar-refractivity contribution in [2.75, 3.05) is 4.90 Å². The van der Waals surface area contributed by atoms with E-state index in [1.54, 1.807) is 46.2 Å². The van der Waals surface area contributed by atoms with Crippen molar-refractivity contribution < 1.29 is 18.0 Å². The zero-order chi connectivity index (χ0) is 26.5. The van der Waals surface area contributed by atoms with Crippen LogP contribution in [-0.2, 0) is 31.0 Å². The number of anilines is 1. The molecule has 5 rings (SSSR count). The Kier molecular flexibility index (Phi) is 6.26. The number of carbonyl (C=O) groups is 1. The Morgan fingerprint density at radius 3 is 2.46 bits per heavy atom. The maximum atomic E-state index is 13.0. The summed E-state index contributed by atoms with van der Waals surface area (Å²) in [5.41, 5.74) is 1.81. The lowest BCUT2D eigenvalue weighted by atomic mass is 10.0. The minimum Gasteiger partial charge on any atom is -0.333 e. The van der Waals surface area contributed by atoms with Gasteiger partial charge in [-0.1, -0.05) is 35.9 Å². The third-order valence-corrected chi connectivity index (χ3v) is 6.45. The molecule has 0 spiro atoms. The number of alkyl halides is 3. The van der Waals surface area contributed by atoms with Crippen molar-refractivity contribution in [2.24, 2.45) is 7.05 Å². The second kappa shape index (κ2) is 9.29. The Morgan fingerprint density at radius 2 is 1.81 bits per heavy atom. The molecular weight excluding hydrogens is 507 g/mol. The molecule has 8 nitrogen and oxygen atoms in total. The highest BCUT2D eigenvalue weighted by Crippen LogP contribution is 2.34. The molecule has 192 valence electrons. The summed E-state index contributed by atoms with van der Waals surface area (Å²) in [5, 5.41) is 4.73. The standard InChI is InChI=1S/C25H23ClF3N7O/c1-14(2)36-21(18(26)11-31-36)22-30-10-17-8-9-20(37)35(24(17)33-22)12-15-4-6-16(7-5-15)23-32-19(13-34(23)3)25(27,28)29/h4-7,10-11,13-14H,8-9,12H2,1-3H3. The molecule has 4 aromatic rings. The van der Waals surface area contributed by atoms with Crippen LogP contribution in [0.4, 0.5) is 19.0 Å². The zero-order valence-corrected chi connectivity index (χ0v) is 21.0. The highest BCUT2D eigenvalue weighted by Gasteiger charge is 2.34. The van der Waals surface area contributed by atoms with Crippen molar-refractivity contribution in [2.45, 2.75) is 45.5 Å². The van der Waals surface area contributed by atoms with E-state index in [9.17, 15) is 18.0 Å². The van der Waals surface area contributed by atoms with E-state index >= 15 is 0 Å². The van der Waals surface area contributed by atoms with E-state index in [4.69, 9.17) is 16.6 Å². The van der Waals surface area contributed by atoms with Crippen LogP contribution in [0.1, 0.15) is 43.1 Å². The van der Waals surface area contributed by atoms with Gasteiger partial charge in [-0.05, 0) is 25.8 Å². The number of rotatable bonds is 5. The number of carbonyl (C=O) groups excluding carboxylic acids is 1. The van der Waals surface area contributed by atoms with Crippen LogP contribution < -0.4 is 4.90 Å². The van der Waals surface area contributed by atoms with Gasteiger partial charge in [-0.25, -0.2) is 15.0 Å². The van der Waals surface area contributed by atoms with Crippen LogP contribution in [0.15, 0.2) is 42.9 Å². The molecule has 37 heavy (non-hydrogen) atoms. The molecule has 1 aromatic carbocycles. The third kappa shape index (κ3) is 4.71. The first-order valence-electron chi connectivity index (χ1n) is 11.6. The average Bonchev–Trinajstić information content (AvgIpc) is 3.44. The first-order valence-corrected chi connectivity index (χ1v) is 12.0. The fourth-order valence-corrected chi connectivity index (χ4v) is 4.55. The van der Waals surface area contributed by atoms with Gasteiger partial charge in [0.1, 0.15) is 17.3 Å². The van der Waals surface area contributed by atoms with Crippen molar-refractivity contribution in [1.82, 2.24) is 29.3 Å². The van der Waals surface area contributed by atoms with Gasteiger partial charge < -0.3 is 4.57 Å². The highest BCUT2D eigenvalue weighted by atomic mass is 35.5. The smallest absolute Gasteiger partial charge is 0.333 e. The minimum absolute atomic E-state index is 0.0318. The molecule has 4 heterocycles. The topological polar surface area (TPSA) is 81.7 Å². The van der Waals surface area contributed by atoms with Crippen molar-refractivity contribution in [3.8, 4) is 22.9 Å². The summed E-state index contributed by atoms with van der Waals surface area (Å²) in [4.78, 5) is 27.5. The summed E-state index contributed by atoms with van der Waals surface area (Å²) in [6.45, 7) is 4.19. The van der Waals surface area contributed by atoms with E-state index in [1.165, 1.54) is 11.6 Å². The fraction of sp³-hybridized carbons (Fsp3) is 0.320. The van der Waals surface area contributed by atoms with E-state index < -0.39 is 11.9 Å². The van der Waals surface area contributed by atoms with Crippen LogP contribution in [0.3, 0.4) is 0 Å². The normalized spacial score (nSPS) is 13.9. The van der Waals surface area contributed by atoms with E-state index in [0.29, 0.717) is 40.8 Å². The van der Waals surface area contributed by atoms with Gasteiger partial charge in [0.25, 0.3) is 0 Å². The molecule has 3 aromatic heterocycles. The van der Waals surface area contributed by atoms with E-state index in [1.807, 2.05) is 13.8 Å². The Hall–Kier alpha value is -3.73. The molecule has 0 unspecified atom stereocenters. The molecule has 1 aliphatic rings. The molecule has 0 saturated carbocycles. The number of nitrogens with zero attached hydrogens (tertiary/aromatic N) is 7. The first-order chi connectivity index (χ1) is 17.5. The molecule has 1 aliphatic heterocycles. The van der Waals surface area contributed by atoms with Gasteiger partial charge in [0.05, 0.1) is 17.8 Å². The van der Waals surface area contributed by atoms with Gasteiger partial charge in [-0.15, -0.1) is 0 Å². The summed E-state index contributed by atoms with van der Waals surface area (Å²) in [6.07, 6.45) is 0.557. The Labute approximate surface area is 215 Å². The molecule has 0 saturated heterocycles. The Morgan fingerprint density at radius 1 is 1.08 bits per heavy atom. The van der Waals surface area contributed by atoms with Gasteiger partial charge in [-0.3, -0.25) is 14.4 Å². The summed E-state index contributed by atoms with van der Waals surface area (Å²) < 4.78 is 42.2. The van der Waals surface area contributed by atoms with Crippen LogP contribution >= 0.6 is 11.6 Å². The molecular formula is C25H23ClF3N7O. The Bertz CT molecular complexity index is 1470. The monoisotopic (exact) mass is 529 g/mol. The lowest BCUT2D eigenvalue weighted by Gasteiger charge is -2.28. The van der Waals surface area contributed by atoms with Crippen molar-refractivity contribution in [1.29, 1.82) is 0 Å². The molecule has 1 amide bonds. The molecule has 0 atom stereocenters. The van der Waals surface area contributed by atoms with E-state index in [0.717, 1.165) is 17.3 Å². The van der Waals surface area contributed by atoms with Crippen LogP contribution in [0.2, 0.25) is 5.02 Å². The Balaban J connectivity index is 1.45. The number of aromatic nitrogens is 6. The number of halogens is 4. The fourth-order valence-electron chi connectivity index (χ4n) is 4.33. The molecule has 0 radical (unpaired) electrons. The van der Waals surface area contributed by atoms with Crippen LogP contribution in [0.5, 0.6) is 0 Å². The molecule has 0 N–H and O–H groups in total. The van der Waals surface area contributed by atoms with Gasteiger partial charge in [0.2, 0.25) is 5.91 Å². The molecule has 0 bridgehead atoms. The van der Waals surface area contributed by atoms with Crippen molar-refractivity contribution in [3.05, 3.63) is 64.7 Å². The lowest BCUT2D eigenvalue weighted by Crippen LogP contribution is -2.35. The summed E-state index contributed by atoms with van der Waals surface area (Å²) in [7, 11) is 1.52. The summed E-state index contributed by atoms with van der Waals surface area (Å²) in [6, 6.07) is 6.96. The maximum absolute atomic E-state index is 13.0. The first kappa shape index (κ1) is 24.9. The third-order valence-electron chi connectivity index (χ3n) is 6.18. The van der Waals surface area contributed by atoms with Crippen molar-refractivity contribution in [3.63, 3.8) is 0 Å². The van der Waals surface area contributed by atoms with Gasteiger partial charge in [0.15, 0.2) is 11.5 Å². The number of amides is 1. The van der Waals surface area contributed by atoms with Gasteiger partial charge in [-0.2, -0.15) is 18.3 Å². The number of imidazole rings is 1. The van der Waals surface area contributed by atoms with Crippen molar-refractivity contribution >= 4 is 23.3 Å². The number of hydrogen-bond acceptors (Lipinski definition) is 5. The zero-order valence-electron chi connectivity index (χ0n) is 20.3. The second-order valence-electron chi connectivity index (χ2n) is 9.16. The van der Waals surface area contributed by atoms with Crippen LogP contribution in [0.25, 0.3) is 22.9 Å². The quantitative estimate of drug-likeness (QED) is 0.342. The predicted octanol–water partition coefficient (Wildman–Crippen LogP) is 5.47. The number of benzene rings is 1. The van der Waals surface area contributed by atoms with Crippen LogP contribution in [-0.4, -0.2) is 35.2 Å². The number of fused-ring (bicyclic) bond motifs is 1. The van der Waals surface area contributed by atoms with E-state index in [2.05, 4.69) is 15.1 Å². The molecule has 12 heteroatoms. The number of aryl methyl sites for hydroxylation is 2. The largest absolute Gasteiger partial charge is 0.434 e. The molecule has 0 aliphatic carbocycles. The summed E-state index contributed by atoms with van der Waals surface area (Å²) >= 11 is 6.39. The van der Waals surface area contributed by atoms with Gasteiger partial charge in [0, 0.05) is 43.0 Å². The molecule has 0 fully saturated rings. The van der Waals surface area contributed by atoms with Crippen LogP contribution in [0, 0.1) is 0 Å². The summed E-state index contributed by atoms with van der Waals surface area (Å²) in [5.74, 6) is 1.01. The predicted molar refractivity (Wildman–Crippen MR) is 132 cm³/mol. The highest BCUT2D eigenvalue weighted by molar-refractivity contribution is 6.32. The van der Waals surface area contributed by atoms with Gasteiger partial charge >= 0.3 is 6.18 Å².